The van der Waals surface area contributed by atoms with Crippen molar-refractivity contribution >= 4 is 5.97 Å². The zero-order chi connectivity index (χ0) is 15.9. The van der Waals surface area contributed by atoms with Crippen molar-refractivity contribution < 1.29 is 18.7 Å². The van der Waals surface area contributed by atoms with Gasteiger partial charge in [-0.25, -0.2) is 13.6 Å². The van der Waals surface area contributed by atoms with Crippen molar-refractivity contribution in [3.05, 3.63) is 35.9 Å². The number of halogens is 2. The van der Waals surface area contributed by atoms with Crippen LogP contribution in [0.25, 0.3) is 0 Å². The topological polar surface area (TPSA) is 52.6 Å². The summed E-state index contributed by atoms with van der Waals surface area (Å²) < 4.78 is 25.0. The van der Waals surface area contributed by atoms with Crippen LogP contribution >= 0.6 is 0 Å². The lowest BCUT2D eigenvalue weighted by Crippen LogP contribution is -2.56. The van der Waals surface area contributed by atoms with Crippen LogP contribution in [0.3, 0.4) is 0 Å². The van der Waals surface area contributed by atoms with Gasteiger partial charge in [0.15, 0.2) is 5.54 Å². The van der Waals surface area contributed by atoms with Gasteiger partial charge in [-0.2, -0.15) is 0 Å². The highest BCUT2D eigenvalue weighted by Crippen LogP contribution is 2.23. The molecule has 0 fully saturated rings. The van der Waals surface area contributed by atoms with Crippen LogP contribution in [-0.4, -0.2) is 49.1 Å². The molecule has 0 spiro atoms. The molecule has 0 aromatic heterocycles. The molecular formula is C15H22F2N2O2. The third-order valence-electron chi connectivity index (χ3n) is 3.27. The maximum Gasteiger partial charge on any atom is 0.329 e. The Bertz CT molecular complexity index is 443. The summed E-state index contributed by atoms with van der Waals surface area (Å²) in [6, 6.07) is 8.68. The summed E-state index contributed by atoms with van der Waals surface area (Å²) in [6.45, 7) is 1.92. The van der Waals surface area contributed by atoms with Gasteiger partial charge in [-0.1, -0.05) is 37.3 Å². The van der Waals surface area contributed by atoms with E-state index in [2.05, 4.69) is 5.32 Å². The van der Waals surface area contributed by atoms with Gasteiger partial charge >= 0.3 is 5.97 Å². The minimum Gasteiger partial charge on any atom is -0.480 e. The zero-order valence-corrected chi connectivity index (χ0v) is 12.4. The number of likely N-dealkylation sites (N-methyl/N-ethyl adjacent to an activating group) is 1. The fraction of sp³-hybridized carbons (Fsp3) is 0.533. The lowest BCUT2D eigenvalue weighted by atomic mass is 9.89. The van der Waals surface area contributed by atoms with E-state index >= 15 is 0 Å². The Balaban J connectivity index is 3.10. The average molecular weight is 300 g/mol. The Kier molecular flexibility index (Phi) is 6.71. The number of hydrogen-bond acceptors (Lipinski definition) is 3. The van der Waals surface area contributed by atoms with Crippen molar-refractivity contribution in [2.24, 2.45) is 0 Å². The fourth-order valence-electron chi connectivity index (χ4n) is 2.28. The van der Waals surface area contributed by atoms with Gasteiger partial charge in [-0.05, 0) is 25.6 Å². The second kappa shape index (κ2) is 8.05. The molecule has 1 rings (SSSR count). The Morgan fingerprint density at radius 1 is 1.38 bits per heavy atom. The van der Waals surface area contributed by atoms with Crippen LogP contribution < -0.4 is 5.32 Å². The molecule has 0 radical (unpaired) electrons. The quantitative estimate of drug-likeness (QED) is 0.734. The lowest BCUT2D eigenvalue weighted by molar-refractivity contribution is -0.146. The number of benzene rings is 1. The first-order valence-electron chi connectivity index (χ1n) is 6.93. The number of carboxylic acid groups (broad SMARTS) is 1. The monoisotopic (exact) mass is 300 g/mol. The van der Waals surface area contributed by atoms with Gasteiger partial charge in [-0.15, -0.1) is 0 Å². The number of alkyl halides is 2. The highest BCUT2D eigenvalue weighted by molar-refractivity contribution is 5.81. The van der Waals surface area contributed by atoms with Crippen molar-refractivity contribution in [3.63, 3.8) is 0 Å². The van der Waals surface area contributed by atoms with E-state index in [1.165, 1.54) is 11.9 Å². The molecule has 0 saturated carbocycles. The molecule has 1 atom stereocenters. The molecule has 0 aliphatic heterocycles. The van der Waals surface area contributed by atoms with E-state index in [0.717, 1.165) is 6.42 Å². The van der Waals surface area contributed by atoms with Crippen molar-refractivity contribution in [2.45, 2.75) is 25.3 Å². The summed E-state index contributed by atoms with van der Waals surface area (Å²) in [5, 5.41) is 12.7. The number of hydrogen-bond donors (Lipinski definition) is 2. The van der Waals surface area contributed by atoms with E-state index in [9.17, 15) is 18.7 Å². The van der Waals surface area contributed by atoms with Crippen molar-refractivity contribution in [2.75, 3.05) is 26.7 Å². The standard InChI is InChI=1S/C15H22F2N2O2/c1-3-9-18-15(14(20)21,11-19(2)10-13(16)17)12-7-5-4-6-8-12/h4-8,13,18H,3,9-11H2,1-2H3,(H,20,21). The van der Waals surface area contributed by atoms with Gasteiger partial charge in [-0.3, -0.25) is 10.2 Å². The molecule has 0 aliphatic carbocycles. The lowest BCUT2D eigenvalue weighted by Gasteiger charge is -2.35. The van der Waals surface area contributed by atoms with Crippen LogP contribution in [-0.2, 0) is 10.3 Å². The molecule has 0 aliphatic rings. The molecule has 4 nitrogen and oxygen atoms in total. The Morgan fingerprint density at radius 3 is 2.48 bits per heavy atom. The van der Waals surface area contributed by atoms with Gasteiger partial charge in [0.1, 0.15) is 0 Å². The van der Waals surface area contributed by atoms with E-state index in [-0.39, 0.29) is 6.54 Å². The van der Waals surface area contributed by atoms with Crippen molar-refractivity contribution in [1.29, 1.82) is 0 Å². The molecule has 0 saturated heterocycles. The van der Waals surface area contributed by atoms with Gasteiger partial charge in [0.05, 0.1) is 6.54 Å². The summed E-state index contributed by atoms with van der Waals surface area (Å²) in [5.41, 5.74) is -0.826. The van der Waals surface area contributed by atoms with Crippen LogP contribution in [0.2, 0.25) is 0 Å². The van der Waals surface area contributed by atoms with Crippen LogP contribution in [0.15, 0.2) is 30.3 Å². The normalized spacial score (nSPS) is 14.4. The third kappa shape index (κ3) is 4.75. The predicted octanol–water partition coefficient (Wildman–Crippen LogP) is 2.16. The number of aliphatic carboxylic acids is 1. The first kappa shape index (κ1) is 17.5. The van der Waals surface area contributed by atoms with E-state index < -0.39 is 24.5 Å². The third-order valence-corrected chi connectivity index (χ3v) is 3.27. The molecule has 1 aromatic rings. The first-order valence-corrected chi connectivity index (χ1v) is 6.93. The Hall–Kier alpha value is -1.53. The Morgan fingerprint density at radius 2 is 2.00 bits per heavy atom. The second-order valence-electron chi connectivity index (χ2n) is 5.09. The van der Waals surface area contributed by atoms with Crippen molar-refractivity contribution in [1.82, 2.24) is 10.2 Å². The average Bonchev–Trinajstić information content (AvgIpc) is 2.43. The largest absolute Gasteiger partial charge is 0.480 e. The summed E-state index contributed by atoms with van der Waals surface area (Å²) in [5.74, 6) is -1.07. The highest BCUT2D eigenvalue weighted by Gasteiger charge is 2.41. The molecule has 1 unspecified atom stereocenters. The highest BCUT2D eigenvalue weighted by atomic mass is 19.3. The van der Waals surface area contributed by atoms with Crippen molar-refractivity contribution in [3.8, 4) is 0 Å². The first-order chi connectivity index (χ1) is 9.92. The maximum atomic E-state index is 12.5. The molecule has 0 bridgehead atoms. The fourth-order valence-corrected chi connectivity index (χ4v) is 2.28. The summed E-state index contributed by atoms with van der Waals surface area (Å²) in [7, 11) is 1.50. The van der Waals surface area contributed by atoms with E-state index in [1.54, 1.807) is 30.3 Å². The number of rotatable bonds is 9. The zero-order valence-electron chi connectivity index (χ0n) is 12.4. The minimum atomic E-state index is -2.50. The van der Waals surface area contributed by atoms with E-state index in [1.807, 2.05) is 6.92 Å². The molecule has 0 heterocycles. The number of nitrogens with zero attached hydrogens (tertiary/aromatic N) is 1. The molecule has 0 amide bonds. The number of nitrogens with one attached hydrogen (secondary N) is 1. The van der Waals surface area contributed by atoms with E-state index in [4.69, 9.17) is 0 Å². The van der Waals surface area contributed by atoms with Gasteiger partial charge in [0.2, 0.25) is 0 Å². The number of carboxylic acids is 1. The Labute approximate surface area is 123 Å². The molecule has 118 valence electrons. The SMILES string of the molecule is CCCNC(CN(C)CC(F)F)(C(=O)O)c1ccccc1. The summed E-state index contributed by atoms with van der Waals surface area (Å²) >= 11 is 0. The molecule has 21 heavy (non-hydrogen) atoms. The minimum absolute atomic E-state index is 0.0311. The smallest absolute Gasteiger partial charge is 0.329 e. The number of carbonyl (C=O) groups is 1. The van der Waals surface area contributed by atoms with Crippen LogP contribution in [0, 0.1) is 0 Å². The van der Waals surface area contributed by atoms with E-state index in [0.29, 0.717) is 12.1 Å². The second-order valence-corrected chi connectivity index (χ2v) is 5.09. The molecular weight excluding hydrogens is 278 g/mol. The maximum absolute atomic E-state index is 12.5. The van der Waals surface area contributed by atoms with Crippen LogP contribution in [0.1, 0.15) is 18.9 Å². The molecule has 1 aromatic carbocycles. The van der Waals surface area contributed by atoms with Gasteiger partial charge in [0.25, 0.3) is 6.43 Å². The molecule has 6 heteroatoms. The summed E-state index contributed by atoms with van der Waals surface area (Å²) in [6.07, 6.45) is -1.75. The van der Waals surface area contributed by atoms with Gasteiger partial charge < -0.3 is 5.11 Å². The predicted molar refractivity (Wildman–Crippen MR) is 77.6 cm³/mol. The van der Waals surface area contributed by atoms with Gasteiger partial charge in [0, 0.05) is 6.54 Å². The van der Waals surface area contributed by atoms with Crippen LogP contribution in [0.5, 0.6) is 0 Å². The summed E-state index contributed by atoms with van der Waals surface area (Å²) in [4.78, 5) is 13.2. The van der Waals surface area contributed by atoms with Crippen LogP contribution in [0.4, 0.5) is 8.78 Å². The molecule has 2 N–H and O–H groups in total.